The van der Waals surface area contributed by atoms with Crippen LogP contribution in [0.2, 0.25) is 0 Å². The minimum atomic E-state index is -1.06. The first-order valence-corrected chi connectivity index (χ1v) is 10.8. The van der Waals surface area contributed by atoms with Crippen molar-refractivity contribution in [1.82, 2.24) is 10.2 Å². The number of imide groups is 1. The van der Waals surface area contributed by atoms with E-state index in [2.05, 4.69) is 21.2 Å². The molecule has 2 aliphatic rings. The number of ether oxygens (including phenoxy) is 1. The molecule has 1 unspecified atom stereocenters. The fraction of sp³-hybridized carbons (Fsp3) is 0.261. The van der Waals surface area contributed by atoms with Crippen molar-refractivity contribution in [2.24, 2.45) is 0 Å². The van der Waals surface area contributed by atoms with Crippen LogP contribution in [0.15, 0.2) is 51.4 Å². The average Bonchev–Trinajstić information content (AvgIpc) is 3.38. The fourth-order valence-corrected chi connectivity index (χ4v) is 4.89. The van der Waals surface area contributed by atoms with E-state index in [4.69, 9.17) is 9.15 Å². The average molecular weight is 483 g/mol. The minimum Gasteiger partial charge on any atom is -0.460 e. The van der Waals surface area contributed by atoms with Gasteiger partial charge < -0.3 is 14.5 Å². The van der Waals surface area contributed by atoms with Gasteiger partial charge >= 0.3 is 12.0 Å². The van der Waals surface area contributed by atoms with Crippen molar-refractivity contribution in [3.8, 4) is 0 Å². The van der Waals surface area contributed by atoms with Crippen molar-refractivity contribution >= 4 is 44.8 Å². The molecule has 1 N–H and O–H groups in total. The topological polar surface area (TPSA) is 88.8 Å². The molecule has 158 valence electrons. The number of carbonyl (C=O) groups excluding carboxylic acids is 3. The van der Waals surface area contributed by atoms with E-state index < -0.39 is 17.5 Å². The van der Waals surface area contributed by atoms with E-state index in [1.54, 1.807) is 25.1 Å². The van der Waals surface area contributed by atoms with Gasteiger partial charge in [-0.2, -0.15) is 0 Å². The second-order valence-electron chi connectivity index (χ2n) is 7.65. The van der Waals surface area contributed by atoms with Crippen molar-refractivity contribution in [2.75, 3.05) is 6.61 Å². The number of furan rings is 1. The molecular weight excluding hydrogens is 464 g/mol. The van der Waals surface area contributed by atoms with Crippen molar-refractivity contribution in [2.45, 2.75) is 31.8 Å². The van der Waals surface area contributed by atoms with E-state index in [9.17, 15) is 14.4 Å². The van der Waals surface area contributed by atoms with Crippen LogP contribution in [0.5, 0.6) is 0 Å². The summed E-state index contributed by atoms with van der Waals surface area (Å²) >= 11 is 3.43. The maximum absolute atomic E-state index is 13.5. The summed E-state index contributed by atoms with van der Waals surface area (Å²) in [7, 11) is 0. The predicted octanol–water partition coefficient (Wildman–Crippen LogP) is 4.27. The van der Waals surface area contributed by atoms with Crippen LogP contribution in [0.3, 0.4) is 0 Å². The predicted molar refractivity (Wildman–Crippen MR) is 115 cm³/mol. The zero-order chi connectivity index (χ0) is 21.8. The molecule has 1 fully saturated rings. The molecule has 1 aliphatic carbocycles. The molecule has 7 nitrogen and oxygen atoms in total. The summed E-state index contributed by atoms with van der Waals surface area (Å²) in [6, 6.07) is 12.5. The fourth-order valence-electron chi connectivity index (χ4n) is 4.53. The molecule has 0 saturated carbocycles. The molecule has 1 atom stereocenters. The molecule has 5 rings (SSSR count). The van der Waals surface area contributed by atoms with Gasteiger partial charge in [-0.1, -0.05) is 40.2 Å². The van der Waals surface area contributed by atoms with Gasteiger partial charge in [0.05, 0.1) is 13.2 Å². The number of hydrogen-bond donors (Lipinski definition) is 1. The highest BCUT2D eigenvalue weighted by molar-refractivity contribution is 9.10. The van der Waals surface area contributed by atoms with Crippen molar-refractivity contribution in [3.63, 3.8) is 0 Å². The third-order valence-electron chi connectivity index (χ3n) is 5.95. The molecule has 3 aromatic rings. The lowest BCUT2D eigenvalue weighted by Crippen LogP contribution is -2.41. The largest absolute Gasteiger partial charge is 0.460 e. The van der Waals surface area contributed by atoms with Crippen LogP contribution in [0, 0.1) is 0 Å². The number of hydrogen-bond acceptors (Lipinski definition) is 5. The third-order valence-corrected chi connectivity index (χ3v) is 6.45. The van der Waals surface area contributed by atoms with Crippen LogP contribution in [-0.2, 0) is 28.0 Å². The SMILES string of the molecule is CCOC(=O)c1oc2ccc(Br)cc2c1CN1C(=O)NC2(CCc3ccccc32)C1=O. The molecule has 0 radical (unpaired) electrons. The van der Waals surface area contributed by atoms with Gasteiger partial charge in [0.1, 0.15) is 11.1 Å². The number of halogens is 1. The number of carbonyl (C=O) groups is 3. The monoisotopic (exact) mass is 482 g/mol. The van der Waals surface area contributed by atoms with Crippen molar-refractivity contribution in [3.05, 3.63) is 69.4 Å². The lowest BCUT2D eigenvalue weighted by Gasteiger charge is -2.22. The Balaban J connectivity index is 1.57. The molecular formula is C23H19BrN2O5. The van der Waals surface area contributed by atoms with E-state index in [0.717, 1.165) is 20.5 Å². The molecule has 1 spiro atoms. The quantitative estimate of drug-likeness (QED) is 0.443. The number of rotatable bonds is 4. The summed E-state index contributed by atoms with van der Waals surface area (Å²) in [5.41, 5.74) is 1.76. The van der Waals surface area contributed by atoms with Gasteiger partial charge in [0, 0.05) is 15.4 Å². The minimum absolute atomic E-state index is 0.00308. The van der Waals surface area contributed by atoms with Crippen molar-refractivity contribution < 1.29 is 23.5 Å². The standard InChI is InChI=1S/C23H19BrN2O5/c1-2-30-20(27)19-16(15-11-14(24)7-8-18(15)31-19)12-26-21(28)23(25-22(26)29)10-9-13-5-3-4-6-17(13)23/h3-8,11H,2,9-10,12H2,1H3,(H,25,29). The maximum Gasteiger partial charge on any atom is 0.374 e. The van der Waals surface area contributed by atoms with E-state index in [1.165, 1.54) is 0 Å². The Morgan fingerprint density at radius 3 is 2.87 bits per heavy atom. The molecule has 0 bridgehead atoms. The van der Waals surface area contributed by atoms with E-state index in [-0.39, 0.29) is 24.8 Å². The van der Waals surface area contributed by atoms with Gasteiger partial charge in [0.15, 0.2) is 0 Å². The van der Waals surface area contributed by atoms with Crippen LogP contribution in [0.1, 0.15) is 40.6 Å². The van der Waals surface area contributed by atoms with Crippen molar-refractivity contribution in [1.29, 1.82) is 0 Å². The summed E-state index contributed by atoms with van der Waals surface area (Å²) in [6.07, 6.45) is 1.22. The molecule has 3 amide bonds. The molecule has 1 aromatic heterocycles. The molecule has 1 aliphatic heterocycles. The highest BCUT2D eigenvalue weighted by Crippen LogP contribution is 2.42. The zero-order valence-electron chi connectivity index (χ0n) is 16.7. The molecule has 2 heterocycles. The Bertz CT molecular complexity index is 1250. The highest BCUT2D eigenvalue weighted by atomic mass is 79.9. The first-order chi connectivity index (χ1) is 14.9. The third kappa shape index (κ3) is 2.96. The van der Waals surface area contributed by atoms with Gasteiger partial charge in [0.2, 0.25) is 5.76 Å². The number of amides is 3. The summed E-state index contributed by atoms with van der Waals surface area (Å²) in [5.74, 6) is -0.942. The summed E-state index contributed by atoms with van der Waals surface area (Å²) in [6.45, 7) is 1.80. The number of nitrogens with zero attached hydrogens (tertiary/aromatic N) is 1. The molecule has 1 saturated heterocycles. The van der Waals surface area contributed by atoms with Gasteiger partial charge in [-0.15, -0.1) is 0 Å². The van der Waals surface area contributed by atoms with E-state index in [1.807, 2.05) is 24.3 Å². The van der Waals surface area contributed by atoms with Gasteiger partial charge in [-0.25, -0.2) is 9.59 Å². The van der Waals surface area contributed by atoms with Crippen LogP contribution < -0.4 is 5.32 Å². The number of esters is 1. The number of aryl methyl sites for hydroxylation is 1. The lowest BCUT2D eigenvalue weighted by molar-refractivity contribution is -0.132. The molecule has 8 heteroatoms. The number of benzene rings is 2. The maximum atomic E-state index is 13.5. The number of fused-ring (bicyclic) bond motifs is 3. The summed E-state index contributed by atoms with van der Waals surface area (Å²) < 4.78 is 11.7. The first-order valence-electron chi connectivity index (χ1n) is 10.0. The summed E-state index contributed by atoms with van der Waals surface area (Å²) in [4.78, 5) is 40.2. The van der Waals surface area contributed by atoms with Gasteiger partial charge in [0.25, 0.3) is 5.91 Å². The van der Waals surface area contributed by atoms with Crippen LogP contribution >= 0.6 is 15.9 Å². The Labute approximate surface area is 186 Å². The van der Waals surface area contributed by atoms with Gasteiger partial charge in [-0.05, 0) is 49.1 Å². The Kier molecular flexibility index (Phi) is 4.62. The lowest BCUT2D eigenvalue weighted by atomic mass is 9.92. The van der Waals surface area contributed by atoms with Crippen LogP contribution in [0.25, 0.3) is 11.0 Å². The Morgan fingerprint density at radius 2 is 2.06 bits per heavy atom. The van der Waals surface area contributed by atoms with E-state index >= 15 is 0 Å². The normalized spacial score (nSPS) is 19.9. The first kappa shape index (κ1) is 19.8. The van der Waals surface area contributed by atoms with Gasteiger partial charge in [-0.3, -0.25) is 9.69 Å². The second-order valence-corrected chi connectivity index (χ2v) is 8.57. The van der Waals surface area contributed by atoms with E-state index in [0.29, 0.717) is 29.4 Å². The summed E-state index contributed by atoms with van der Waals surface area (Å²) in [5, 5.41) is 3.56. The van der Waals surface area contributed by atoms with Crippen LogP contribution in [0.4, 0.5) is 4.79 Å². The zero-order valence-corrected chi connectivity index (χ0v) is 18.3. The number of nitrogens with one attached hydrogen (secondary N) is 1. The van der Waals surface area contributed by atoms with Crippen LogP contribution in [-0.4, -0.2) is 29.4 Å². The smallest absolute Gasteiger partial charge is 0.374 e. The molecule has 2 aromatic carbocycles. The second kappa shape index (κ2) is 7.23. The molecule has 31 heavy (non-hydrogen) atoms. The Hall–Kier alpha value is -3.13. The Morgan fingerprint density at radius 1 is 1.26 bits per heavy atom. The highest BCUT2D eigenvalue weighted by Gasteiger charge is 2.55. The number of urea groups is 1.